The number of carbonyl (C=O) groups excluding carboxylic acids is 1. The van der Waals surface area contributed by atoms with Gasteiger partial charge in [-0.15, -0.1) is 0 Å². The molecule has 2 N–H and O–H groups in total. The van der Waals surface area contributed by atoms with E-state index >= 15 is 0 Å². The number of amides is 1. The maximum Gasteiger partial charge on any atom is 0.433 e. The van der Waals surface area contributed by atoms with Crippen LogP contribution in [-0.2, 0) is 11.6 Å². The second-order valence-corrected chi connectivity index (χ2v) is 7.08. The minimum atomic E-state index is -4.53. The molecule has 136 valence electrons. The van der Waals surface area contributed by atoms with Gasteiger partial charge in [-0.2, -0.15) is 13.2 Å². The topological polar surface area (TPSA) is 57.8 Å². The van der Waals surface area contributed by atoms with E-state index in [1.807, 2.05) is 12.1 Å². The summed E-state index contributed by atoms with van der Waals surface area (Å²) in [5, 5.41) is 3.58. The van der Waals surface area contributed by atoms with E-state index in [2.05, 4.69) is 36.1 Å². The summed E-state index contributed by atoms with van der Waals surface area (Å²) in [5.41, 5.74) is 1.42. The van der Waals surface area contributed by atoms with Gasteiger partial charge in [-0.25, -0.2) is 0 Å². The number of halogens is 3. The lowest BCUT2D eigenvalue weighted by atomic mass is 9.92. The molecule has 26 heavy (non-hydrogen) atoms. The molecule has 2 aromatic heterocycles. The first-order valence-electron chi connectivity index (χ1n) is 8.02. The Kier molecular flexibility index (Phi) is 4.26. The zero-order valence-corrected chi connectivity index (χ0v) is 14.5. The molecule has 2 heterocycles. The van der Waals surface area contributed by atoms with Gasteiger partial charge in [0.2, 0.25) is 0 Å². The van der Waals surface area contributed by atoms with E-state index in [9.17, 15) is 18.0 Å². The second-order valence-electron chi connectivity index (χ2n) is 7.08. The Balaban J connectivity index is 1.89. The normalized spacial score (nSPS) is 12.4. The van der Waals surface area contributed by atoms with Crippen molar-refractivity contribution in [1.29, 1.82) is 0 Å². The smallest absolute Gasteiger partial charge is 0.358 e. The van der Waals surface area contributed by atoms with E-state index in [0.717, 1.165) is 34.9 Å². The average Bonchev–Trinajstić information content (AvgIpc) is 3.00. The number of hydrogen-bond acceptors (Lipinski definition) is 2. The van der Waals surface area contributed by atoms with Crippen LogP contribution in [0.1, 0.15) is 42.5 Å². The van der Waals surface area contributed by atoms with Crippen LogP contribution in [-0.4, -0.2) is 15.9 Å². The minimum absolute atomic E-state index is 0.0570. The first-order chi connectivity index (χ1) is 12.1. The number of rotatable bonds is 2. The number of nitrogens with one attached hydrogen (secondary N) is 2. The maximum atomic E-state index is 12.6. The summed E-state index contributed by atoms with van der Waals surface area (Å²) < 4.78 is 37.7. The average molecular weight is 361 g/mol. The lowest BCUT2D eigenvalue weighted by molar-refractivity contribution is -0.141. The molecule has 0 radical (unpaired) electrons. The van der Waals surface area contributed by atoms with Crippen molar-refractivity contribution < 1.29 is 18.0 Å². The van der Waals surface area contributed by atoms with Gasteiger partial charge in [0.1, 0.15) is 5.69 Å². The van der Waals surface area contributed by atoms with E-state index < -0.39 is 17.8 Å². The molecule has 1 aromatic carbocycles. The van der Waals surface area contributed by atoms with Gasteiger partial charge >= 0.3 is 6.18 Å². The molecule has 1 amide bonds. The first-order valence-corrected chi connectivity index (χ1v) is 8.02. The SMILES string of the molecule is CC(C)(C)c1cc2c(NC(=O)c3ccc(C(F)(F)F)nc3)cccc2[nH]1. The summed E-state index contributed by atoms with van der Waals surface area (Å²) in [7, 11) is 0. The Morgan fingerprint density at radius 3 is 2.42 bits per heavy atom. The molecular weight excluding hydrogens is 343 g/mol. The van der Waals surface area contributed by atoms with E-state index in [0.29, 0.717) is 5.69 Å². The molecule has 0 fully saturated rings. The Hall–Kier alpha value is -2.83. The summed E-state index contributed by atoms with van der Waals surface area (Å²) >= 11 is 0. The van der Waals surface area contributed by atoms with Crippen LogP contribution in [0, 0.1) is 0 Å². The van der Waals surface area contributed by atoms with Crippen LogP contribution in [0.2, 0.25) is 0 Å². The highest BCUT2D eigenvalue weighted by Crippen LogP contribution is 2.30. The molecule has 0 bridgehead atoms. The monoisotopic (exact) mass is 361 g/mol. The van der Waals surface area contributed by atoms with E-state index in [-0.39, 0.29) is 11.0 Å². The number of pyridine rings is 1. The lowest BCUT2D eigenvalue weighted by Crippen LogP contribution is -2.14. The van der Waals surface area contributed by atoms with Crippen molar-refractivity contribution in [1.82, 2.24) is 9.97 Å². The van der Waals surface area contributed by atoms with Gasteiger partial charge in [0.25, 0.3) is 5.91 Å². The summed E-state index contributed by atoms with van der Waals surface area (Å²) in [6, 6.07) is 9.33. The van der Waals surface area contributed by atoms with Crippen LogP contribution in [0.3, 0.4) is 0 Å². The molecule has 0 saturated heterocycles. The number of alkyl halides is 3. The van der Waals surface area contributed by atoms with E-state index in [1.165, 1.54) is 0 Å². The number of anilines is 1. The predicted octanol–water partition coefficient (Wildman–Crippen LogP) is 5.13. The molecule has 0 aliphatic rings. The summed E-state index contributed by atoms with van der Waals surface area (Å²) in [4.78, 5) is 19.0. The molecule has 0 saturated carbocycles. The Morgan fingerprint density at radius 1 is 1.12 bits per heavy atom. The number of hydrogen-bond donors (Lipinski definition) is 2. The Bertz CT molecular complexity index is 951. The van der Waals surface area contributed by atoms with Crippen LogP contribution < -0.4 is 5.32 Å². The zero-order chi connectivity index (χ0) is 19.1. The van der Waals surface area contributed by atoms with Crippen molar-refractivity contribution in [3.05, 3.63) is 59.5 Å². The Labute approximate surface area is 148 Å². The highest BCUT2D eigenvalue weighted by molar-refractivity contribution is 6.08. The quantitative estimate of drug-likeness (QED) is 0.665. The van der Waals surface area contributed by atoms with Gasteiger partial charge in [-0.05, 0) is 30.3 Å². The summed E-state index contributed by atoms with van der Waals surface area (Å²) in [5.74, 6) is -0.516. The molecule has 0 atom stereocenters. The van der Waals surface area contributed by atoms with E-state index in [4.69, 9.17) is 0 Å². The molecule has 7 heteroatoms. The second kappa shape index (κ2) is 6.16. The number of nitrogens with zero attached hydrogens (tertiary/aromatic N) is 1. The minimum Gasteiger partial charge on any atom is -0.358 e. The van der Waals surface area contributed by atoms with Gasteiger partial charge in [0, 0.05) is 28.2 Å². The third kappa shape index (κ3) is 3.56. The molecule has 0 spiro atoms. The molecule has 3 rings (SSSR count). The molecule has 3 aromatic rings. The standard InChI is InChI=1S/C19H18F3N3O/c1-18(2,3)16-9-12-13(24-16)5-4-6-14(12)25-17(26)11-7-8-15(23-10-11)19(20,21)22/h4-10,24H,1-3H3,(H,25,26). The zero-order valence-electron chi connectivity index (χ0n) is 14.5. The van der Waals surface area contributed by atoms with Gasteiger partial charge in [-0.1, -0.05) is 26.8 Å². The van der Waals surface area contributed by atoms with Gasteiger partial charge in [0.15, 0.2) is 0 Å². The van der Waals surface area contributed by atoms with Crippen LogP contribution in [0.5, 0.6) is 0 Å². The molecule has 0 aliphatic carbocycles. The van der Waals surface area contributed by atoms with Crippen molar-refractivity contribution in [2.45, 2.75) is 32.4 Å². The fourth-order valence-electron chi connectivity index (χ4n) is 2.56. The highest BCUT2D eigenvalue weighted by Gasteiger charge is 2.32. The number of fused-ring (bicyclic) bond motifs is 1. The number of aromatic nitrogens is 2. The maximum absolute atomic E-state index is 12.6. The van der Waals surface area contributed by atoms with Crippen LogP contribution >= 0.6 is 0 Å². The van der Waals surface area contributed by atoms with Crippen molar-refractivity contribution in [3.8, 4) is 0 Å². The van der Waals surface area contributed by atoms with Crippen molar-refractivity contribution in [2.75, 3.05) is 5.32 Å². The predicted molar refractivity (Wildman–Crippen MR) is 94.2 cm³/mol. The fraction of sp³-hybridized carbons (Fsp3) is 0.263. The molecule has 0 aliphatic heterocycles. The highest BCUT2D eigenvalue weighted by atomic mass is 19.4. The number of H-pyrrole nitrogens is 1. The van der Waals surface area contributed by atoms with Gasteiger partial charge in [-0.3, -0.25) is 9.78 Å². The van der Waals surface area contributed by atoms with Gasteiger partial charge in [0.05, 0.1) is 11.3 Å². The third-order valence-electron chi connectivity index (χ3n) is 4.04. The van der Waals surface area contributed by atoms with Crippen LogP contribution in [0.4, 0.5) is 18.9 Å². The lowest BCUT2D eigenvalue weighted by Gasteiger charge is -2.15. The fourth-order valence-corrected chi connectivity index (χ4v) is 2.56. The van der Waals surface area contributed by atoms with Crippen molar-refractivity contribution in [3.63, 3.8) is 0 Å². The van der Waals surface area contributed by atoms with Crippen LogP contribution in [0.15, 0.2) is 42.6 Å². The molecular formula is C19H18F3N3O. The molecule has 4 nitrogen and oxygen atoms in total. The van der Waals surface area contributed by atoms with Crippen molar-refractivity contribution >= 4 is 22.5 Å². The van der Waals surface area contributed by atoms with Crippen molar-refractivity contribution in [2.24, 2.45) is 0 Å². The molecule has 0 unspecified atom stereocenters. The number of benzene rings is 1. The van der Waals surface area contributed by atoms with Crippen LogP contribution in [0.25, 0.3) is 10.9 Å². The number of carbonyl (C=O) groups is 1. The Morgan fingerprint density at radius 2 is 1.85 bits per heavy atom. The van der Waals surface area contributed by atoms with Gasteiger partial charge < -0.3 is 10.3 Å². The summed E-state index contributed by atoms with van der Waals surface area (Å²) in [6.07, 6.45) is -3.61. The third-order valence-corrected chi connectivity index (χ3v) is 4.04. The first kappa shape index (κ1) is 18.0. The number of aromatic amines is 1. The summed E-state index contributed by atoms with van der Waals surface area (Å²) in [6.45, 7) is 6.22. The largest absolute Gasteiger partial charge is 0.433 e. The van der Waals surface area contributed by atoms with E-state index in [1.54, 1.807) is 12.1 Å².